The molecular weight excluding hydrogens is 198 g/mol. The number of carbonyl (C=O) groups is 1. The number of piperidine rings is 1. The summed E-state index contributed by atoms with van der Waals surface area (Å²) in [6, 6.07) is 1.34. The predicted octanol–water partition coefficient (Wildman–Crippen LogP) is 2.78. The first-order valence-electron chi connectivity index (χ1n) is 6.53. The van der Waals surface area contributed by atoms with Crippen LogP contribution in [0.4, 0.5) is 0 Å². The zero-order chi connectivity index (χ0) is 11.7. The molecule has 0 saturated carbocycles. The largest absolute Gasteiger partial charge is 0.300 e. The van der Waals surface area contributed by atoms with Crippen LogP contribution in [0.3, 0.4) is 0 Å². The second-order valence-electron chi connectivity index (χ2n) is 5.47. The summed E-state index contributed by atoms with van der Waals surface area (Å²) >= 11 is 0. The van der Waals surface area contributed by atoms with Crippen molar-refractivity contribution in [1.29, 1.82) is 0 Å². The average Bonchev–Trinajstić information content (AvgIpc) is 2.53. The second-order valence-corrected chi connectivity index (χ2v) is 5.47. The Kier molecular flexibility index (Phi) is 3.48. The SMILES string of the molecule is C=C(CC)CC(=O)C1CC2CCC(C1)N2C. The zero-order valence-corrected chi connectivity index (χ0v) is 10.5. The highest BCUT2D eigenvalue weighted by Crippen LogP contribution is 2.38. The van der Waals surface area contributed by atoms with Crippen LogP contribution in [0.25, 0.3) is 0 Å². The maximum atomic E-state index is 12.1. The maximum absolute atomic E-state index is 12.1. The summed E-state index contributed by atoms with van der Waals surface area (Å²) < 4.78 is 0. The molecule has 0 aromatic heterocycles. The monoisotopic (exact) mass is 221 g/mol. The number of ketones is 1. The molecule has 90 valence electrons. The van der Waals surface area contributed by atoms with Gasteiger partial charge in [-0.25, -0.2) is 0 Å². The molecule has 0 spiro atoms. The van der Waals surface area contributed by atoms with Crippen LogP contribution in [0.1, 0.15) is 45.4 Å². The molecule has 0 radical (unpaired) electrons. The lowest BCUT2D eigenvalue weighted by molar-refractivity contribution is -0.124. The third-order valence-corrected chi connectivity index (χ3v) is 4.48. The Labute approximate surface area is 98.7 Å². The van der Waals surface area contributed by atoms with Gasteiger partial charge in [-0.3, -0.25) is 4.79 Å². The molecule has 2 heteroatoms. The van der Waals surface area contributed by atoms with Crippen LogP contribution in [-0.2, 0) is 4.79 Å². The van der Waals surface area contributed by atoms with E-state index in [4.69, 9.17) is 0 Å². The smallest absolute Gasteiger partial charge is 0.140 e. The van der Waals surface area contributed by atoms with Crippen molar-refractivity contribution in [2.75, 3.05) is 7.05 Å². The second kappa shape index (κ2) is 4.70. The van der Waals surface area contributed by atoms with Crippen LogP contribution in [0.15, 0.2) is 12.2 Å². The highest BCUT2D eigenvalue weighted by Gasteiger charge is 2.40. The highest BCUT2D eigenvalue weighted by atomic mass is 16.1. The Morgan fingerprint density at radius 1 is 1.31 bits per heavy atom. The normalized spacial score (nSPS) is 34.0. The lowest BCUT2D eigenvalue weighted by Gasteiger charge is -2.35. The van der Waals surface area contributed by atoms with Crippen LogP contribution >= 0.6 is 0 Å². The third-order valence-electron chi connectivity index (χ3n) is 4.48. The van der Waals surface area contributed by atoms with Crippen molar-refractivity contribution in [1.82, 2.24) is 4.90 Å². The van der Waals surface area contributed by atoms with E-state index in [1.54, 1.807) is 0 Å². The molecule has 2 rings (SSSR count). The van der Waals surface area contributed by atoms with Crippen molar-refractivity contribution in [2.45, 2.75) is 57.5 Å². The van der Waals surface area contributed by atoms with Crippen LogP contribution in [0, 0.1) is 5.92 Å². The lowest BCUT2D eigenvalue weighted by Crippen LogP contribution is -2.42. The molecule has 0 aromatic carbocycles. The minimum Gasteiger partial charge on any atom is -0.300 e. The van der Waals surface area contributed by atoms with Crippen molar-refractivity contribution in [3.63, 3.8) is 0 Å². The van der Waals surface area contributed by atoms with Gasteiger partial charge in [0, 0.05) is 24.4 Å². The van der Waals surface area contributed by atoms with Crippen molar-refractivity contribution >= 4 is 5.78 Å². The van der Waals surface area contributed by atoms with Crippen LogP contribution in [-0.4, -0.2) is 29.8 Å². The van der Waals surface area contributed by atoms with Gasteiger partial charge in [-0.2, -0.15) is 0 Å². The number of rotatable bonds is 4. The summed E-state index contributed by atoms with van der Waals surface area (Å²) in [6.45, 7) is 6.02. The van der Waals surface area contributed by atoms with Crippen molar-refractivity contribution in [3.05, 3.63) is 12.2 Å². The fourth-order valence-corrected chi connectivity index (χ4v) is 3.19. The Balaban J connectivity index is 1.92. The van der Waals surface area contributed by atoms with Crippen molar-refractivity contribution in [2.24, 2.45) is 5.92 Å². The molecule has 0 aromatic rings. The number of Topliss-reactive ketones (excluding diaryl/α,β-unsaturated/α-hetero) is 1. The average molecular weight is 221 g/mol. The maximum Gasteiger partial charge on any atom is 0.140 e. The van der Waals surface area contributed by atoms with E-state index in [1.807, 2.05) is 0 Å². The van der Waals surface area contributed by atoms with Gasteiger partial charge in [-0.15, -0.1) is 0 Å². The first-order chi connectivity index (χ1) is 7.61. The molecule has 0 N–H and O–H groups in total. The lowest BCUT2D eigenvalue weighted by atomic mass is 9.85. The van der Waals surface area contributed by atoms with Crippen molar-refractivity contribution in [3.8, 4) is 0 Å². The molecule has 16 heavy (non-hydrogen) atoms. The Morgan fingerprint density at radius 2 is 1.88 bits per heavy atom. The molecular formula is C14H23NO. The van der Waals surface area contributed by atoms with Gasteiger partial charge in [0.05, 0.1) is 0 Å². The number of hydrogen-bond donors (Lipinski definition) is 0. The van der Waals surface area contributed by atoms with E-state index in [0.717, 1.165) is 24.8 Å². The van der Waals surface area contributed by atoms with E-state index < -0.39 is 0 Å². The van der Waals surface area contributed by atoms with Gasteiger partial charge in [-0.1, -0.05) is 19.1 Å². The van der Waals surface area contributed by atoms with Crippen LogP contribution in [0.2, 0.25) is 0 Å². The molecule has 2 saturated heterocycles. The molecule has 2 atom stereocenters. The van der Waals surface area contributed by atoms with E-state index in [-0.39, 0.29) is 0 Å². The molecule has 2 nitrogen and oxygen atoms in total. The Bertz CT molecular complexity index is 283. The molecule has 2 fully saturated rings. The van der Waals surface area contributed by atoms with Gasteiger partial charge in [0.1, 0.15) is 5.78 Å². The Morgan fingerprint density at radius 3 is 2.38 bits per heavy atom. The van der Waals surface area contributed by atoms with E-state index in [1.165, 1.54) is 12.8 Å². The summed E-state index contributed by atoms with van der Waals surface area (Å²) in [5.74, 6) is 0.758. The van der Waals surface area contributed by atoms with Crippen LogP contribution in [0.5, 0.6) is 0 Å². The van der Waals surface area contributed by atoms with Gasteiger partial charge in [0.15, 0.2) is 0 Å². The summed E-state index contributed by atoms with van der Waals surface area (Å²) in [5, 5.41) is 0. The highest BCUT2D eigenvalue weighted by molar-refractivity contribution is 5.83. The summed E-state index contributed by atoms with van der Waals surface area (Å²) in [6.07, 6.45) is 6.31. The molecule has 2 bridgehead atoms. The molecule has 2 unspecified atom stereocenters. The summed E-state index contributed by atoms with van der Waals surface area (Å²) in [7, 11) is 2.22. The van der Waals surface area contributed by atoms with E-state index >= 15 is 0 Å². The van der Waals surface area contributed by atoms with Crippen molar-refractivity contribution < 1.29 is 4.79 Å². The van der Waals surface area contributed by atoms with Crippen LogP contribution < -0.4 is 0 Å². The fraction of sp³-hybridized carbons (Fsp3) is 0.786. The van der Waals surface area contributed by atoms with Gasteiger partial charge >= 0.3 is 0 Å². The van der Waals surface area contributed by atoms with E-state index in [0.29, 0.717) is 30.2 Å². The summed E-state index contributed by atoms with van der Waals surface area (Å²) in [5.41, 5.74) is 1.09. The first-order valence-corrected chi connectivity index (χ1v) is 6.53. The molecule has 2 heterocycles. The number of nitrogens with zero attached hydrogens (tertiary/aromatic N) is 1. The first kappa shape index (κ1) is 11.8. The topological polar surface area (TPSA) is 20.3 Å². The summed E-state index contributed by atoms with van der Waals surface area (Å²) in [4.78, 5) is 14.6. The van der Waals surface area contributed by atoms with Gasteiger partial charge < -0.3 is 4.90 Å². The van der Waals surface area contributed by atoms with Gasteiger partial charge in [0.2, 0.25) is 0 Å². The molecule has 0 amide bonds. The predicted molar refractivity (Wildman–Crippen MR) is 66.4 cm³/mol. The van der Waals surface area contributed by atoms with E-state index in [9.17, 15) is 4.79 Å². The number of allylic oxidation sites excluding steroid dienone is 1. The number of carbonyl (C=O) groups excluding carboxylic acids is 1. The standard InChI is InChI=1S/C14H23NO/c1-4-10(2)7-14(16)11-8-12-5-6-13(9-11)15(12)3/h11-13H,2,4-9H2,1,3H3. The minimum absolute atomic E-state index is 0.317. The Hall–Kier alpha value is -0.630. The van der Waals surface area contributed by atoms with E-state index in [2.05, 4.69) is 25.5 Å². The fourth-order valence-electron chi connectivity index (χ4n) is 3.19. The minimum atomic E-state index is 0.317. The molecule has 2 aliphatic heterocycles. The van der Waals surface area contributed by atoms with Gasteiger partial charge in [-0.05, 0) is 39.2 Å². The van der Waals surface area contributed by atoms with Gasteiger partial charge in [0.25, 0.3) is 0 Å². The zero-order valence-electron chi connectivity index (χ0n) is 10.5. The number of fused-ring (bicyclic) bond motifs is 2. The third kappa shape index (κ3) is 2.22. The quantitative estimate of drug-likeness (QED) is 0.680. The number of hydrogen-bond acceptors (Lipinski definition) is 2. The molecule has 0 aliphatic carbocycles. The molecule has 2 aliphatic rings.